The summed E-state index contributed by atoms with van der Waals surface area (Å²) in [6, 6.07) is 0. The van der Waals surface area contributed by atoms with E-state index in [0.29, 0.717) is 13.2 Å². The molecule has 0 unspecified atom stereocenters. The van der Waals surface area contributed by atoms with Crippen molar-refractivity contribution in [3.05, 3.63) is 0 Å². The lowest BCUT2D eigenvalue weighted by molar-refractivity contribution is -0.1000. The molecule has 1 atom stereocenters. The van der Waals surface area contributed by atoms with Crippen LogP contribution in [0.5, 0.6) is 0 Å². The summed E-state index contributed by atoms with van der Waals surface area (Å²) in [6.07, 6.45) is -0.927. The van der Waals surface area contributed by atoms with Crippen molar-refractivity contribution in [1.82, 2.24) is 4.90 Å². The van der Waals surface area contributed by atoms with Crippen molar-refractivity contribution in [2.24, 2.45) is 0 Å². The number of alkyl halides is 1. The Morgan fingerprint density at radius 1 is 1.45 bits per heavy atom. The Balaban J connectivity index is 2.55. The molecule has 0 radical (unpaired) electrons. The van der Waals surface area contributed by atoms with Gasteiger partial charge in [-0.15, -0.1) is 0 Å². The molecule has 2 nitrogen and oxygen atoms in total. The van der Waals surface area contributed by atoms with Crippen LogP contribution >= 0.6 is 0 Å². The number of hydrogen-bond acceptors (Lipinski definition) is 2. The van der Waals surface area contributed by atoms with E-state index in [1.807, 2.05) is 25.7 Å². The van der Waals surface area contributed by atoms with Gasteiger partial charge in [0.25, 0.3) is 0 Å². The van der Waals surface area contributed by atoms with Gasteiger partial charge < -0.3 is 4.74 Å². The van der Waals surface area contributed by atoms with Gasteiger partial charge in [-0.1, -0.05) is 0 Å². The van der Waals surface area contributed by atoms with Crippen LogP contribution in [0.1, 0.15) is 20.8 Å². The largest absolute Gasteiger partial charge is 0.376 e. The number of halogens is 1. The molecule has 0 aromatic heterocycles. The minimum atomic E-state index is -0.927. The smallest absolute Gasteiger partial charge is 0.177 e. The van der Waals surface area contributed by atoms with Gasteiger partial charge in [0.1, 0.15) is 0 Å². The van der Waals surface area contributed by atoms with Gasteiger partial charge in [-0.25, -0.2) is 4.39 Å². The molecule has 0 N–H and O–H groups in total. The highest BCUT2D eigenvalue weighted by Crippen LogP contribution is 2.20. The molecule has 0 spiro atoms. The van der Waals surface area contributed by atoms with E-state index in [1.165, 1.54) is 0 Å². The zero-order valence-electron chi connectivity index (χ0n) is 7.43. The Morgan fingerprint density at radius 3 is 2.45 bits per heavy atom. The van der Waals surface area contributed by atoms with Gasteiger partial charge in [-0.2, -0.15) is 0 Å². The number of nitrogens with zero attached hydrogens (tertiary/aromatic N) is 1. The minimum absolute atomic E-state index is 0.0802. The van der Waals surface area contributed by atoms with E-state index in [0.717, 1.165) is 0 Å². The maximum absolute atomic E-state index is 13.1. The van der Waals surface area contributed by atoms with Gasteiger partial charge in [0, 0.05) is 12.1 Å². The second-order valence-corrected chi connectivity index (χ2v) is 3.87. The fraction of sp³-hybridized carbons (Fsp3) is 1.00. The summed E-state index contributed by atoms with van der Waals surface area (Å²) < 4.78 is 18.1. The number of ether oxygens (including phenoxy) is 1. The summed E-state index contributed by atoms with van der Waals surface area (Å²) in [7, 11) is 0. The van der Waals surface area contributed by atoms with Crippen LogP contribution in [0.3, 0.4) is 0 Å². The fourth-order valence-corrected chi connectivity index (χ4v) is 1.33. The summed E-state index contributed by atoms with van der Waals surface area (Å²) in [6.45, 7) is 7.63. The molecule has 1 saturated heterocycles. The maximum Gasteiger partial charge on any atom is 0.177 e. The van der Waals surface area contributed by atoms with E-state index >= 15 is 0 Å². The monoisotopic (exact) mass is 161 g/mol. The van der Waals surface area contributed by atoms with Crippen LogP contribution in [0, 0.1) is 0 Å². The molecule has 1 rings (SSSR count). The maximum atomic E-state index is 13.1. The summed E-state index contributed by atoms with van der Waals surface area (Å²) in [5.74, 6) is 0. The second kappa shape index (κ2) is 3.07. The molecule has 0 amide bonds. The van der Waals surface area contributed by atoms with Crippen LogP contribution in [-0.2, 0) is 4.74 Å². The van der Waals surface area contributed by atoms with E-state index < -0.39 is 6.30 Å². The van der Waals surface area contributed by atoms with Gasteiger partial charge in [0.05, 0.1) is 13.2 Å². The molecule has 1 fully saturated rings. The molecule has 0 aromatic rings. The molecule has 0 aromatic carbocycles. The van der Waals surface area contributed by atoms with Crippen LogP contribution in [0.25, 0.3) is 0 Å². The first kappa shape index (κ1) is 8.94. The Labute approximate surface area is 67.3 Å². The van der Waals surface area contributed by atoms with Crippen molar-refractivity contribution in [2.45, 2.75) is 32.6 Å². The van der Waals surface area contributed by atoms with Gasteiger partial charge in [0.15, 0.2) is 6.30 Å². The molecule has 66 valence electrons. The van der Waals surface area contributed by atoms with Crippen LogP contribution in [0.2, 0.25) is 0 Å². The fourth-order valence-electron chi connectivity index (χ4n) is 1.33. The number of rotatable bonds is 0. The van der Waals surface area contributed by atoms with Crippen molar-refractivity contribution in [3.8, 4) is 0 Å². The van der Waals surface area contributed by atoms with Gasteiger partial charge in [-0.05, 0) is 20.8 Å². The molecule has 1 aliphatic heterocycles. The molecule has 1 heterocycles. The Kier molecular flexibility index (Phi) is 2.50. The molecule has 0 saturated carbocycles. The van der Waals surface area contributed by atoms with Crippen LogP contribution in [-0.4, -0.2) is 36.5 Å². The quantitative estimate of drug-likeness (QED) is 0.498. The van der Waals surface area contributed by atoms with Crippen molar-refractivity contribution >= 4 is 0 Å². The molecule has 1 aliphatic rings. The third kappa shape index (κ3) is 2.14. The molecular formula is C8H16FNO. The van der Waals surface area contributed by atoms with Crippen LogP contribution in [0.15, 0.2) is 0 Å². The first-order chi connectivity index (χ1) is 5.02. The summed E-state index contributed by atoms with van der Waals surface area (Å²) >= 11 is 0. The van der Waals surface area contributed by atoms with E-state index in [-0.39, 0.29) is 12.1 Å². The number of morpholine rings is 1. The summed E-state index contributed by atoms with van der Waals surface area (Å²) in [5.41, 5.74) is -0.0802. The highest BCUT2D eigenvalue weighted by atomic mass is 19.1. The zero-order chi connectivity index (χ0) is 8.48. The predicted octanol–water partition coefficient (Wildman–Crippen LogP) is 1.41. The molecule has 3 heteroatoms. The molecular weight excluding hydrogens is 145 g/mol. The summed E-state index contributed by atoms with van der Waals surface area (Å²) in [5, 5.41) is 0. The van der Waals surface area contributed by atoms with Gasteiger partial charge in [0.2, 0.25) is 0 Å². The lowest BCUT2D eigenvalue weighted by Crippen LogP contribution is -2.52. The highest BCUT2D eigenvalue weighted by molar-refractivity contribution is 4.80. The SMILES string of the molecule is CC(C)(C)N1CCOC[C@H]1F. The third-order valence-corrected chi connectivity index (χ3v) is 1.93. The van der Waals surface area contributed by atoms with E-state index in [9.17, 15) is 4.39 Å². The van der Waals surface area contributed by atoms with E-state index in [4.69, 9.17) is 4.74 Å². The predicted molar refractivity (Wildman–Crippen MR) is 42.2 cm³/mol. The number of hydrogen-bond donors (Lipinski definition) is 0. The molecule has 0 bridgehead atoms. The zero-order valence-corrected chi connectivity index (χ0v) is 7.43. The second-order valence-electron chi connectivity index (χ2n) is 3.87. The van der Waals surface area contributed by atoms with Gasteiger partial charge >= 0.3 is 0 Å². The first-order valence-electron chi connectivity index (χ1n) is 4.00. The van der Waals surface area contributed by atoms with Crippen LogP contribution in [0.4, 0.5) is 4.39 Å². The minimum Gasteiger partial charge on any atom is -0.376 e. The topological polar surface area (TPSA) is 12.5 Å². The van der Waals surface area contributed by atoms with Crippen molar-refractivity contribution in [2.75, 3.05) is 19.8 Å². The normalized spacial score (nSPS) is 28.9. The van der Waals surface area contributed by atoms with Crippen LogP contribution < -0.4 is 0 Å². The average molecular weight is 161 g/mol. The Hall–Kier alpha value is -0.150. The van der Waals surface area contributed by atoms with E-state index in [1.54, 1.807) is 0 Å². The van der Waals surface area contributed by atoms with Crippen molar-refractivity contribution in [3.63, 3.8) is 0 Å². The summed E-state index contributed by atoms with van der Waals surface area (Å²) in [4.78, 5) is 1.83. The van der Waals surface area contributed by atoms with Crippen molar-refractivity contribution in [1.29, 1.82) is 0 Å². The molecule has 11 heavy (non-hydrogen) atoms. The van der Waals surface area contributed by atoms with E-state index in [2.05, 4.69) is 0 Å². The van der Waals surface area contributed by atoms with Crippen molar-refractivity contribution < 1.29 is 9.13 Å². The standard InChI is InChI=1S/C8H16FNO/c1-8(2,3)10-4-5-11-6-7(10)9/h7H,4-6H2,1-3H3/t7-/m0/s1. The Bertz CT molecular complexity index is 133. The lowest BCUT2D eigenvalue weighted by Gasteiger charge is -2.40. The Morgan fingerprint density at radius 2 is 2.09 bits per heavy atom. The average Bonchev–Trinajstić information content (AvgIpc) is 1.86. The molecule has 0 aliphatic carbocycles. The third-order valence-electron chi connectivity index (χ3n) is 1.93. The first-order valence-corrected chi connectivity index (χ1v) is 4.00. The lowest BCUT2D eigenvalue weighted by atomic mass is 10.1. The van der Waals surface area contributed by atoms with Gasteiger partial charge in [-0.3, -0.25) is 4.90 Å². The highest BCUT2D eigenvalue weighted by Gasteiger charge is 2.31.